The highest BCUT2D eigenvalue weighted by atomic mass is 32.2. The van der Waals surface area contributed by atoms with Crippen LogP contribution >= 0.6 is 0 Å². The van der Waals surface area contributed by atoms with Crippen molar-refractivity contribution in [3.63, 3.8) is 0 Å². The smallest absolute Gasteiger partial charge is 0.281 e. The molecule has 0 fully saturated rings. The topological polar surface area (TPSA) is 67.7 Å². The third-order valence-corrected chi connectivity index (χ3v) is 4.97. The van der Waals surface area contributed by atoms with Gasteiger partial charge >= 0.3 is 0 Å². The van der Waals surface area contributed by atoms with Crippen LogP contribution < -0.4 is 0 Å². The Bertz CT molecular complexity index is 526. The van der Waals surface area contributed by atoms with E-state index in [1.54, 1.807) is 6.20 Å². The molecule has 2 rings (SSSR count). The molecule has 1 aromatic rings. The zero-order valence-corrected chi connectivity index (χ0v) is 12.3. The van der Waals surface area contributed by atoms with E-state index < -0.39 is 10.2 Å². The Kier molecular flexibility index (Phi) is 4.24. The first-order valence-electron chi connectivity index (χ1n) is 6.25. The third kappa shape index (κ3) is 2.97. The monoisotopic (exact) mass is 288 g/mol. The van der Waals surface area contributed by atoms with Crippen molar-refractivity contribution in [1.82, 2.24) is 18.4 Å². The van der Waals surface area contributed by atoms with Crippen LogP contribution in [0.3, 0.4) is 0 Å². The molecule has 1 aromatic heterocycles. The summed E-state index contributed by atoms with van der Waals surface area (Å²) in [5.74, 6) is 0. The van der Waals surface area contributed by atoms with Crippen LogP contribution in [0.4, 0.5) is 0 Å². The lowest BCUT2D eigenvalue weighted by Gasteiger charge is -2.26. The molecule has 0 N–H and O–H groups in total. The normalized spacial score (nSPS) is 21.4. The Morgan fingerprint density at radius 3 is 2.84 bits per heavy atom. The van der Waals surface area contributed by atoms with Crippen LogP contribution in [0, 0.1) is 0 Å². The van der Waals surface area contributed by atoms with Crippen molar-refractivity contribution in [2.45, 2.75) is 26.1 Å². The first kappa shape index (κ1) is 14.4. The molecule has 1 atom stereocenters. The van der Waals surface area contributed by atoms with Gasteiger partial charge in [-0.05, 0) is 13.0 Å². The molecule has 1 aliphatic rings. The lowest BCUT2D eigenvalue weighted by molar-refractivity contribution is 0.0398. The van der Waals surface area contributed by atoms with Crippen LogP contribution in [0.25, 0.3) is 0 Å². The molecule has 19 heavy (non-hydrogen) atoms. The summed E-state index contributed by atoms with van der Waals surface area (Å²) in [5, 5.41) is 4.21. The van der Waals surface area contributed by atoms with Crippen LogP contribution in [-0.2, 0) is 28.0 Å². The fourth-order valence-electron chi connectivity index (χ4n) is 2.13. The molecule has 1 aliphatic heterocycles. The summed E-state index contributed by atoms with van der Waals surface area (Å²) in [4.78, 5) is 0. The van der Waals surface area contributed by atoms with Gasteiger partial charge in [0.2, 0.25) is 0 Å². The molecule has 0 radical (unpaired) electrons. The Balaban J connectivity index is 2.30. The van der Waals surface area contributed by atoms with Crippen molar-refractivity contribution >= 4 is 10.2 Å². The van der Waals surface area contributed by atoms with Gasteiger partial charge in [0.05, 0.1) is 24.9 Å². The molecule has 0 spiro atoms. The largest absolute Gasteiger partial charge is 0.375 e. The number of hydrogen-bond acceptors (Lipinski definition) is 4. The Morgan fingerprint density at radius 2 is 2.21 bits per heavy atom. The highest BCUT2D eigenvalue weighted by Crippen LogP contribution is 2.17. The molecule has 0 amide bonds. The maximum Gasteiger partial charge on any atom is 0.281 e. The predicted octanol–water partition coefficient (Wildman–Crippen LogP) is -0.0898. The van der Waals surface area contributed by atoms with Gasteiger partial charge in [-0.15, -0.1) is 0 Å². The summed E-state index contributed by atoms with van der Waals surface area (Å²) < 4.78 is 34.7. The summed E-state index contributed by atoms with van der Waals surface area (Å²) in [5.41, 5.74) is 0.882. The lowest BCUT2D eigenvalue weighted by Crippen LogP contribution is -2.43. The summed E-state index contributed by atoms with van der Waals surface area (Å²) in [6.07, 6.45) is 1.50. The minimum atomic E-state index is -3.45. The zero-order valence-electron chi connectivity index (χ0n) is 11.5. The average Bonchev–Trinajstić information content (AvgIpc) is 2.68. The molecule has 0 saturated carbocycles. The van der Waals surface area contributed by atoms with Gasteiger partial charge in [-0.3, -0.25) is 4.68 Å². The average molecular weight is 288 g/mol. The van der Waals surface area contributed by atoms with Gasteiger partial charge in [0, 0.05) is 33.4 Å². The van der Waals surface area contributed by atoms with E-state index >= 15 is 0 Å². The number of nitrogens with zero attached hydrogens (tertiary/aromatic N) is 4. The number of aromatic nitrogens is 2. The second kappa shape index (κ2) is 5.58. The van der Waals surface area contributed by atoms with Crippen LogP contribution in [0.2, 0.25) is 0 Å². The van der Waals surface area contributed by atoms with Crippen molar-refractivity contribution in [2.75, 3.05) is 27.2 Å². The van der Waals surface area contributed by atoms with E-state index in [1.807, 2.05) is 17.7 Å². The fraction of sp³-hybridized carbons (Fsp3) is 0.727. The Morgan fingerprint density at radius 1 is 1.47 bits per heavy atom. The minimum absolute atomic E-state index is 0.180. The summed E-state index contributed by atoms with van der Waals surface area (Å²) in [7, 11) is -0.380. The van der Waals surface area contributed by atoms with Gasteiger partial charge in [-0.1, -0.05) is 0 Å². The predicted molar refractivity (Wildman–Crippen MR) is 70.7 cm³/mol. The maximum atomic E-state index is 12.3. The second-order valence-electron chi connectivity index (χ2n) is 4.66. The number of fused-ring (bicyclic) bond motifs is 1. The molecule has 1 unspecified atom stereocenters. The summed E-state index contributed by atoms with van der Waals surface area (Å²) >= 11 is 0. The first-order chi connectivity index (χ1) is 8.95. The molecule has 8 heteroatoms. The van der Waals surface area contributed by atoms with Gasteiger partial charge in [-0.25, -0.2) is 0 Å². The van der Waals surface area contributed by atoms with E-state index in [4.69, 9.17) is 4.74 Å². The standard InChI is InChI=1S/C11H20N4O3S/c1-4-18-11-8-14(19(16,17)13(2)3)7-10-5-6-12-15(10)9-11/h5-6,11H,4,7-9H2,1-3H3. The molecule has 7 nitrogen and oxygen atoms in total. The first-order valence-corrected chi connectivity index (χ1v) is 7.64. The van der Waals surface area contributed by atoms with E-state index in [9.17, 15) is 8.42 Å². The second-order valence-corrected chi connectivity index (χ2v) is 6.81. The van der Waals surface area contributed by atoms with E-state index in [1.165, 1.54) is 22.7 Å². The number of ether oxygens (including phenoxy) is 1. The van der Waals surface area contributed by atoms with E-state index in [0.717, 1.165) is 5.69 Å². The van der Waals surface area contributed by atoms with Crippen LogP contribution in [0.5, 0.6) is 0 Å². The highest BCUT2D eigenvalue weighted by Gasteiger charge is 2.31. The quantitative estimate of drug-likeness (QED) is 0.776. The van der Waals surface area contributed by atoms with Gasteiger partial charge in [0.1, 0.15) is 0 Å². The van der Waals surface area contributed by atoms with E-state index in [-0.39, 0.29) is 6.10 Å². The summed E-state index contributed by atoms with van der Waals surface area (Å²) in [6.45, 7) is 3.70. The van der Waals surface area contributed by atoms with Crippen molar-refractivity contribution in [1.29, 1.82) is 0 Å². The van der Waals surface area contributed by atoms with Gasteiger partial charge in [0.15, 0.2) is 0 Å². The van der Waals surface area contributed by atoms with Crippen molar-refractivity contribution in [2.24, 2.45) is 0 Å². The molecule has 108 valence electrons. The number of rotatable bonds is 4. The van der Waals surface area contributed by atoms with Crippen LogP contribution in [-0.4, -0.2) is 60.2 Å². The van der Waals surface area contributed by atoms with Crippen LogP contribution in [0.15, 0.2) is 12.3 Å². The van der Waals surface area contributed by atoms with Crippen molar-refractivity contribution in [3.05, 3.63) is 18.0 Å². The third-order valence-electron chi connectivity index (χ3n) is 3.12. The Labute approximate surface area is 113 Å². The molecular formula is C11H20N4O3S. The van der Waals surface area contributed by atoms with E-state index in [2.05, 4.69) is 5.10 Å². The lowest BCUT2D eigenvalue weighted by atomic mass is 10.3. The number of hydrogen-bond donors (Lipinski definition) is 0. The molecule has 0 saturated heterocycles. The zero-order chi connectivity index (χ0) is 14.0. The van der Waals surface area contributed by atoms with Gasteiger partial charge < -0.3 is 4.74 Å². The molecular weight excluding hydrogens is 268 g/mol. The van der Waals surface area contributed by atoms with Crippen molar-refractivity contribution in [3.8, 4) is 0 Å². The molecule has 0 bridgehead atoms. The molecule has 0 aliphatic carbocycles. The minimum Gasteiger partial charge on any atom is -0.375 e. The maximum absolute atomic E-state index is 12.3. The van der Waals surface area contributed by atoms with Crippen molar-refractivity contribution < 1.29 is 13.2 Å². The fourth-order valence-corrected chi connectivity index (χ4v) is 3.24. The highest BCUT2D eigenvalue weighted by molar-refractivity contribution is 7.86. The molecule has 0 aromatic carbocycles. The van der Waals surface area contributed by atoms with E-state index in [0.29, 0.717) is 26.2 Å². The summed E-state index contributed by atoms with van der Waals surface area (Å²) in [6, 6.07) is 1.84. The molecule has 2 heterocycles. The van der Waals surface area contributed by atoms with Gasteiger partial charge in [0.25, 0.3) is 10.2 Å². The van der Waals surface area contributed by atoms with Gasteiger partial charge in [-0.2, -0.15) is 22.1 Å². The van der Waals surface area contributed by atoms with Crippen LogP contribution in [0.1, 0.15) is 12.6 Å². The SMILES string of the molecule is CCOC1CN(S(=O)(=O)N(C)C)Cc2ccnn2C1. The Hall–Kier alpha value is -0.960.